The van der Waals surface area contributed by atoms with Crippen molar-refractivity contribution in [1.82, 2.24) is 0 Å². The van der Waals surface area contributed by atoms with Gasteiger partial charge in [-0.25, -0.2) is 0 Å². The van der Waals surface area contributed by atoms with Crippen molar-refractivity contribution < 1.29 is 0 Å². The maximum atomic E-state index is 5.93. The predicted molar refractivity (Wildman–Crippen MR) is 63.4 cm³/mol. The lowest BCUT2D eigenvalue weighted by Gasteiger charge is -2.22. The molecule has 0 aliphatic heterocycles. The van der Waals surface area contributed by atoms with Gasteiger partial charge in [-0.05, 0) is 25.1 Å². The molecule has 0 bridgehead atoms. The van der Waals surface area contributed by atoms with Gasteiger partial charge in [0.2, 0.25) is 0 Å². The van der Waals surface area contributed by atoms with E-state index in [-0.39, 0.29) is 0 Å². The normalized spacial score (nSPS) is 10.3. The minimum Gasteiger partial charge on any atom is -0.371 e. The van der Waals surface area contributed by atoms with Gasteiger partial charge in [0.1, 0.15) is 0 Å². The average molecular weight is 233 g/mol. The van der Waals surface area contributed by atoms with Crippen LogP contribution in [0.15, 0.2) is 18.2 Å². The summed E-state index contributed by atoms with van der Waals surface area (Å²) in [4.78, 5) is 2.15. The summed E-state index contributed by atoms with van der Waals surface area (Å²) in [5.41, 5.74) is 6.57. The van der Waals surface area contributed by atoms with Crippen molar-refractivity contribution in [3.8, 4) is 0 Å². The third kappa shape index (κ3) is 2.77. The van der Waals surface area contributed by atoms with Crippen LogP contribution >= 0.6 is 23.2 Å². The summed E-state index contributed by atoms with van der Waals surface area (Å²) in [6.07, 6.45) is 0. The van der Waals surface area contributed by atoms with Crippen LogP contribution in [-0.2, 0) is 0 Å². The minimum absolute atomic E-state index is 0.583. The van der Waals surface area contributed by atoms with E-state index in [2.05, 4.69) is 11.8 Å². The Kier molecular flexibility index (Phi) is 4.52. The van der Waals surface area contributed by atoms with E-state index in [9.17, 15) is 0 Å². The molecule has 0 fully saturated rings. The molecule has 0 unspecified atom stereocenters. The van der Waals surface area contributed by atoms with Crippen LogP contribution in [-0.4, -0.2) is 19.6 Å². The Morgan fingerprint density at radius 1 is 1.29 bits per heavy atom. The van der Waals surface area contributed by atoms with Crippen molar-refractivity contribution >= 4 is 28.9 Å². The van der Waals surface area contributed by atoms with Crippen LogP contribution in [0.5, 0.6) is 0 Å². The van der Waals surface area contributed by atoms with E-state index in [0.29, 0.717) is 16.6 Å². The lowest BCUT2D eigenvalue weighted by atomic mass is 10.3. The first-order chi connectivity index (χ1) is 6.69. The predicted octanol–water partition coefficient (Wildman–Crippen LogP) is 2.78. The highest BCUT2D eigenvalue weighted by Gasteiger charge is 2.05. The molecule has 1 aromatic rings. The molecule has 14 heavy (non-hydrogen) atoms. The van der Waals surface area contributed by atoms with Gasteiger partial charge in [-0.2, -0.15) is 0 Å². The van der Waals surface area contributed by atoms with Crippen molar-refractivity contribution in [2.75, 3.05) is 24.5 Å². The summed E-state index contributed by atoms with van der Waals surface area (Å²) < 4.78 is 0. The Balaban J connectivity index is 2.88. The number of rotatable bonds is 4. The molecule has 0 saturated heterocycles. The Labute approximate surface area is 94.6 Å². The zero-order valence-electron chi connectivity index (χ0n) is 8.13. The van der Waals surface area contributed by atoms with E-state index in [1.54, 1.807) is 6.07 Å². The molecule has 78 valence electrons. The van der Waals surface area contributed by atoms with Crippen molar-refractivity contribution in [2.45, 2.75) is 6.92 Å². The molecule has 1 rings (SSSR count). The molecule has 0 atom stereocenters. The highest BCUT2D eigenvalue weighted by atomic mass is 35.5. The summed E-state index contributed by atoms with van der Waals surface area (Å²) >= 11 is 11.8. The van der Waals surface area contributed by atoms with Crippen LogP contribution in [0, 0.1) is 0 Å². The van der Waals surface area contributed by atoms with Crippen LogP contribution in [0.25, 0.3) is 0 Å². The highest BCUT2D eigenvalue weighted by Crippen LogP contribution is 2.26. The van der Waals surface area contributed by atoms with Gasteiger partial charge < -0.3 is 10.6 Å². The molecule has 0 amide bonds. The summed E-state index contributed by atoms with van der Waals surface area (Å²) in [6.45, 7) is 4.45. The fraction of sp³-hybridized carbons (Fsp3) is 0.400. The van der Waals surface area contributed by atoms with E-state index >= 15 is 0 Å². The lowest BCUT2D eigenvalue weighted by molar-refractivity contribution is 0.817. The Bertz CT molecular complexity index is 302. The third-order valence-electron chi connectivity index (χ3n) is 2.05. The molecule has 0 radical (unpaired) electrons. The first kappa shape index (κ1) is 11.6. The number of nitrogens with two attached hydrogens (primary N) is 1. The van der Waals surface area contributed by atoms with Crippen LogP contribution in [0.4, 0.5) is 5.69 Å². The first-order valence-corrected chi connectivity index (χ1v) is 5.34. The quantitative estimate of drug-likeness (QED) is 0.866. The summed E-state index contributed by atoms with van der Waals surface area (Å²) in [5.74, 6) is 0. The fourth-order valence-corrected chi connectivity index (χ4v) is 1.60. The van der Waals surface area contributed by atoms with Gasteiger partial charge in [0.05, 0.1) is 10.0 Å². The summed E-state index contributed by atoms with van der Waals surface area (Å²) in [7, 11) is 0. The highest BCUT2D eigenvalue weighted by molar-refractivity contribution is 6.42. The largest absolute Gasteiger partial charge is 0.371 e. The fourth-order valence-electron chi connectivity index (χ4n) is 1.31. The Hall–Kier alpha value is -0.440. The monoisotopic (exact) mass is 232 g/mol. The van der Waals surface area contributed by atoms with Crippen LogP contribution in [0.1, 0.15) is 6.92 Å². The standard InChI is InChI=1S/C10H14Cl2N2/c1-2-14(6-5-13)8-3-4-9(11)10(12)7-8/h3-4,7H,2,5-6,13H2,1H3. The van der Waals surface area contributed by atoms with Gasteiger partial charge in [0.25, 0.3) is 0 Å². The second-order valence-electron chi connectivity index (χ2n) is 2.97. The maximum Gasteiger partial charge on any atom is 0.0612 e. The van der Waals surface area contributed by atoms with E-state index in [0.717, 1.165) is 18.8 Å². The van der Waals surface area contributed by atoms with Gasteiger partial charge >= 0.3 is 0 Å². The average Bonchev–Trinajstić information content (AvgIpc) is 2.19. The van der Waals surface area contributed by atoms with Crippen LogP contribution < -0.4 is 10.6 Å². The first-order valence-electron chi connectivity index (χ1n) is 4.59. The minimum atomic E-state index is 0.583. The molecular weight excluding hydrogens is 219 g/mol. The number of halogens is 2. The number of nitrogens with zero attached hydrogens (tertiary/aromatic N) is 1. The smallest absolute Gasteiger partial charge is 0.0612 e. The number of hydrogen-bond acceptors (Lipinski definition) is 2. The van der Waals surface area contributed by atoms with Gasteiger partial charge in [0, 0.05) is 25.3 Å². The van der Waals surface area contributed by atoms with Gasteiger partial charge in [-0.15, -0.1) is 0 Å². The molecule has 0 aliphatic rings. The van der Waals surface area contributed by atoms with Crippen molar-refractivity contribution in [3.05, 3.63) is 28.2 Å². The molecule has 0 aromatic heterocycles. The molecule has 1 aromatic carbocycles. The Morgan fingerprint density at radius 2 is 2.00 bits per heavy atom. The third-order valence-corrected chi connectivity index (χ3v) is 2.79. The molecular formula is C10H14Cl2N2. The number of hydrogen-bond donors (Lipinski definition) is 1. The van der Waals surface area contributed by atoms with E-state index in [1.165, 1.54) is 0 Å². The van der Waals surface area contributed by atoms with Crippen molar-refractivity contribution in [1.29, 1.82) is 0 Å². The zero-order valence-corrected chi connectivity index (χ0v) is 9.65. The number of anilines is 1. The Morgan fingerprint density at radius 3 is 2.50 bits per heavy atom. The second kappa shape index (κ2) is 5.44. The summed E-state index contributed by atoms with van der Waals surface area (Å²) in [5, 5.41) is 1.17. The van der Waals surface area contributed by atoms with Gasteiger partial charge in [0.15, 0.2) is 0 Å². The molecule has 0 heterocycles. The molecule has 0 spiro atoms. The van der Waals surface area contributed by atoms with Crippen molar-refractivity contribution in [2.24, 2.45) is 5.73 Å². The lowest BCUT2D eigenvalue weighted by Crippen LogP contribution is -2.28. The SMILES string of the molecule is CCN(CCN)c1ccc(Cl)c(Cl)c1. The van der Waals surface area contributed by atoms with Gasteiger partial charge in [-0.1, -0.05) is 23.2 Å². The van der Waals surface area contributed by atoms with E-state index in [1.807, 2.05) is 12.1 Å². The second-order valence-corrected chi connectivity index (χ2v) is 3.78. The van der Waals surface area contributed by atoms with Crippen LogP contribution in [0.2, 0.25) is 10.0 Å². The van der Waals surface area contributed by atoms with Crippen LogP contribution in [0.3, 0.4) is 0 Å². The van der Waals surface area contributed by atoms with Crippen molar-refractivity contribution in [3.63, 3.8) is 0 Å². The molecule has 0 saturated carbocycles. The number of benzene rings is 1. The van der Waals surface area contributed by atoms with E-state index < -0.39 is 0 Å². The number of likely N-dealkylation sites (N-methyl/N-ethyl adjacent to an activating group) is 1. The van der Waals surface area contributed by atoms with E-state index in [4.69, 9.17) is 28.9 Å². The molecule has 0 aliphatic carbocycles. The maximum absolute atomic E-state index is 5.93. The van der Waals surface area contributed by atoms with Gasteiger partial charge in [-0.3, -0.25) is 0 Å². The molecule has 2 N–H and O–H groups in total. The zero-order chi connectivity index (χ0) is 10.6. The molecule has 2 nitrogen and oxygen atoms in total. The topological polar surface area (TPSA) is 29.3 Å². The summed E-state index contributed by atoms with van der Waals surface area (Å²) in [6, 6.07) is 5.62. The molecule has 4 heteroatoms.